The van der Waals surface area contributed by atoms with E-state index in [0.29, 0.717) is 6.04 Å². The molecule has 0 amide bonds. The molecule has 0 aromatic heterocycles. The van der Waals surface area contributed by atoms with Crippen LogP contribution >= 0.6 is 0 Å². The molecule has 0 aromatic carbocycles. The molecule has 0 aromatic rings. The molecule has 13 heavy (non-hydrogen) atoms. The Labute approximate surface area is 82.0 Å². The van der Waals surface area contributed by atoms with Gasteiger partial charge in [0.2, 0.25) is 0 Å². The van der Waals surface area contributed by atoms with Gasteiger partial charge in [0.1, 0.15) is 0 Å². The molecule has 1 heteroatoms. The van der Waals surface area contributed by atoms with E-state index in [-0.39, 0.29) is 5.41 Å². The van der Waals surface area contributed by atoms with Crippen LogP contribution in [0.2, 0.25) is 0 Å². The van der Waals surface area contributed by atoms with Crippen LogP contribution in [0.4, 0.5) is 0 Å². The Balaban J connectivity index is 2.85. The molecule has 0 radical (unpaired) electrons. The topological polar surface area (TPSA) is 12.4 Å². The first-order valence-electron chi connectivity index (χ1n) is 5.24. The third-order valence-electron chi connectivity index (χ3n) is 2.31. The highest BCUT2D eigenvalue weighted by atomic mass is 14.8. The molecule has 1 nitrogen and oxygen atoms in total. The Morgan fingerprint density at radius 2 is 2.00 bits per heavy atom. The van der Waals surface area contributed by atoms with Crippen molar-refractivity contribution in [3.05, 3.63) is 11.6 Å². The van der Waals surface area contributed by atoms with E-state index < -0.39 is 0 Å². The van der Waals surface area contributed by atoms with Gasteiger partial charge in [-0.3, -0.25) is 4.99 Å². The lowest BCUT2D eigenvalue weighted by Crippen LogP contribution is -2.20. The number of rotatable bonds is 2. The van der Waals surface area contributed by atoms with Crippen LogP contribution in [0.15, 0.2) is 16.6 Å². The van der Waals surface area contributed by atoms with E-state index in [1.165, 1.54) is 24.1 Å². The highest BCUT2D eigenvalue weighted by Crippen LogP contribution is 2.29. The molecule has 1 aliphatic heterocycles. The number of aliphatic imine (C=N–C) groups is 1. The zero-order chi connectivity index (χ0) is 10.1. The number of allylic oxidation sites excluding steroid dienone is 1. The zero-order valence-corrected chi connectivity index (χ0v) is 9.52. The molecule has 0 bridgehead atoms. The number of nitrogens with zero attached hydrogens (tertiary/aromatic N) is 1. The average molecular weight is 179 g/mol. The summed E-state index contributed by atoms with van der Waals surface area (Å²) in [5, 5.41) is 0. The van der Waals surface area contributed by atoms with Crippen molar-refractivity contribution in [2.24, 2.45) is 10.4 Å². The van der Waals surface area contributed by atoms with Crippen molar-refractivity contribution in [3.63, 3.8) is 0 Å². The van der Waals surface area contributed by atoms with E-state index in [2.05, 4.69) is 45.7 Å². The molecular weight excluding hydrogens is 158 g/mol. The van der Waals surface area contributed by atoms with Gasteiger partial charge in [-0.1, -0.05) is 40.2 Å². The van der Waals surface area contributed by atoms with Crippen LogP contribution in [-0.4, -0.2) is 11.8 Å². The Kier molecular flexibility index (Phi) is 2.94. The molecule has 0 N–H and O–H groups in total. The quantitative estimate of drug-likeness (QED) is 0.614. The maximum absolute atomic E-state index is 4.68. The van der Waals surface area contributed by atoms with Crippen molar-refractivity contribution in [2.75, 3.05) is 0 Å². The maximum Gasteiger partial charge on any atom is 0.0661 e. The fraction of sp³-hybridized carbons (Fsp3) is 0.750. The predicted molar refractivity (Wildman–Crippen MR) is 59.3 cm³/mol. The van der Waals surface area contributed by atoms with Gasteiger partial charge in [0.25, 0.3) is 0 Å². The summed E-state index contributed by atoms with van der Waals surface area (Å²) in [6.07, 6.45) is 4.71. The highest BCUT2D eigenvalue weighted by molar-refractivity contribution is 6.05. The van der Waals surface area contributed by atoms with Gasteiger partial charge < -0.3 is 0 Å². The molecule has 0 aliphatic carbocycles. The molecule has 1 rings (SSSR count). The summed E-state index contributed by atoms with van der Waals surface area (Å²) in [4.78, 5) is 4.68. The lowest BCUT2D eigenvalue weighted by molar-refractivity contribution is 0.587. The van der Waals surface area contributed by atoms with Crippen LogP contribution in [-0.2, 0) is 0 Å². The van der Waals surface area contributed by atoms with Crippen molar-refractivity contribution >= 4 is 5.71 Å². The van der Waals surface area contributed by atoms with E-state index in [9.17, 15) is 0 Å². The summed E-state index contributed by atoms with van der Waals surface area (Å²) in [5.74, 6) is 0. The molecule has 1 aliphatic rings. The third kappa shape index (κ3) is 2.43. The molecule has 0 spiro atoms. The van der Waals surface area contributed by atoms with E-state index in [0.717, 1.165) is 0 Å². The Morgan fingerprint density at radius 3 is 2.46 bits per heavy atom. The molecular formula is C12H21N. The van der Waals surface area contributed by atoms with Gasteiger partial charge in [0.05, 0.1) is 6.04 Å². The van der Waals surface area contributed by atoms with E-state index in [1.807, 2.05) is 0 Å². The van der Waals surface area contributed by atoms with Crippen molar-refractivity contribution in [1.29, 1.82) is 0 Å². The van der Waals surface area contributed by atoms with Crippen molar-refractivity contribution < 1.29 is 0 Å². The standard InChI is InChI=1S/C12H21N/c1-6-7-10-8-9(2)13-11(10)12(3,4)5/h8-9H,6-7H2,1-5H3. The molecule has 0 saturated carbocycles. The summed E-state index contributed by atoms with van der Waals surface area (Å²) in [5.41, 5.74) is 3.01. The van der Waals surface area contributed by atoms with Gasteiger partial charge in [-0.2, -0.15) is 0 Å². The summed E-state index contributed by atoms with van der Waals surface area (Å²) in [7, 11) is 0. The van der Waals surface area contributed by atoms with Crippen LogP contribution in [0.5, 0.6) is 0 Å². The van der Waals surface area contributed by atoms with Gasteiger partial charge in [-0.25, -0.2) is 0 Å². The fourth-order valence-corrected chi connectivity index (χ4v) is 1.84. The number of hydrogen-bond donors (Lipinski definition) is 0. The summed E-state index contributed by atoms with van der Waals surface area (Å²) < 4.78 is 0. The second-order valence-electron chi connectivity index (χ2n) is 4.91. The lowest BCUT2D eigenvalue weighted by Gasteiger charge is -2.21. The SMILES string of the molecule is CCCC1=CC(C)N=C1C(C)(C)C. The van der Waals surface area contributed by atoms with Crippen LogP contribution in [0.1, 0.15) is 47.5 Å². The maximum atomic E-state index is 4.68. The summed E-state index contributed by atoms with van der Waals surface area (Å²) in [6, 6.07) is 0.399. The van der Waals surface area contributed by atoms with Crippen molar-refractivity contribution in [3.8, 4) is 0 Å². The Bertz CT molecular complexity index is 240. The van der Waals surface area contributed by atoms with Gasteiger partial charge in [-0.05, 0) is 18.9 Å². The first-order valence-corrected chi connectivity index (χ1v) is 5.24. The van der Waals surface area contributed by atoms with Crippen LogP contribution < -0.4 is 0 Å². The monoisotopic (exact) mass is 179 g/mol. The third-order valence-corrected chi connectivity index (χ3v) is 2.31. The first-order chi connectivity index (χ1) is 5.95. The first kappa shape index (κ1) is 10.5. The van der Waals surface area contributed by atoms with E-state index in [1.54, 1.807) is 0 Å². The number of hydrogen-bond acceptors (Lipinski definition) is 1. The van der Waals surface area contributed by atoms with Crippen LogP contribution in [0.3, 0.4) is 0 Å². The summed E-state index contributed by atoms with van der Waals surface area (Å²) >= 11 is 0. The van der Waals surface area contributed by atoms with Gasteiger partial charge >= 0.3 is 0 Å². The van der Waals surface area contributed by atoms with Gasteiger partial charge in [-0.15, -0.1) is 0 Å². The molecule has 0 saturated heterocycles. The Morgan fingerprint density at radius 1 is 1.38 bits per heavy atom. The van der Waals surface area contributed by atoms with Gasteiger partial charge in [0, 0.05) is 11.1 Å². The van der Waals surface area contributed by atoms with Crippen LogP contribution in [0.25, 0.3) is 0 Å². The predicted octanol–water partition coefficient (Wildman–Crippen LogP) is 3.60. The lowest BCUT2D eigenvalue weighted by atomic mass is 9.84. The molecule has 74 valence electrons. The smallest absolute Gasteiger partial charge is 0.0661 e. The minimum Gasteiger partial charge on any atom is -0.282 e. The van der Waals surface area contributed by atoms with Crippen molar-refractivity contribution in [2.45, 2.75) is 53.5 Å². The van der Waals surface area contributed by atoms with Crippen LogP contribution in [0, 0.1) is 5.41 Å². The minimum atomic E-state index is 0.214. The molecule has 1 unspecified atom stereocenters. The molecule has 1 atom stereocenters. The average Bonchev–Trinajstić information content (AvgIpc) is 2.30. The van der Waals surface area contributed by atoms with E-state index in [4.69, 9.17) is 0 Å². The van der Waals surface area contributed by atoms with Gasteiger partial charge in [0.15, 0.2) is 0 Å². The van der Waals surface area contributed by atoms with Crippen molar-refractivity contribution in [1.82, 2.24) is 0 Å². The molecule has 0 fully saturated rings. The second-order valence-corrected chi connectivity index (χ2v) is 4.91. The largest absolute Gasteiger partial charge is 0.282 e. The van der Waals surface area contributed by atoms with E-state index >= 15 is 0 Å². The Hall–Kier alpha value is -0.590. The minimum absolute atomic E-state index is 0.214. The highest BCUT2D eigenvalue weighted by Gasteiger charge is 2.26. The zero-order valence-electron chi connectivity index (χ0n) is 9.52. The second kappa shape index (κ2) is 3.65. The summed E-state index contributed by atoms with van der Waals surface area (Å²) in [6.45, 7) is 11.1. The molecule has 1 heterocycles. The fourth-order valence-electron chi connectivity index (χ4n) is 1.84. The normalized spacial score (nSPS) is 23.0.